The molecular formula is C62H61N21O15S. The molecule has 9 aromatic rings. The second kappa shape index (κ2) is 30.4. The number of amides is 3. The highest BCUT2D eigenvalue weighted by atomic mass is 32.2. The molecule has 99 heavy (non-hydrogen) atoms. The van der Waals surface area contributed by atoms with Crippen LogP contribution >= 0.6 is 11.8 Å². The van der Waals surface area contributed by atoms with E-state index in [1.807, 2.05) is 0 Å². The molecule has 510 valence electrons. The lowest BCUT2D eigenvalue weighted by Gasteiger charge is -2.41. The molecule has 0 aliphatic carbocycles. The Hall–Kier alpha value is -12.7. The molecule has 7 heterocycles. The van der Waals surface area contributed by atoms with Crippen molar-refractivity contribution in [2.45, 2.75) is 93.9 Å². The summed E-state index contributed by atoms with van der Waals surface area (Å²) in [7, 11) is 0. The van der Waals surface area contributed by atoms with Gasteiger partial charge in [-0.2, -0.15) is 15.0 Å². The van der Waals surface area contributed by atoms with Crippen molar-refractivity contribution in [3.8, 4) is 0 Å². The molecule has 0 radical (unpaired) electrons. The third-order valence-electron chi connectivity index (χ3n) is 15.8. The number of anilines is 6. The highest BCUT2D eigenvalue weighted by molar-refractivity contribution is 8.02. The number of nitrogens with two attached hydrogens (primary N) is 3. The van der Waals surface area contributed by atoms with E-state index in [0.717, 1.165) is 11.8 Å². The number of Topliss-reactive ketones (excluding diaryl/α,β-unsaturated/α-hetero) is 3. The van der Waals surface area contributed by atoms with Crippen molar-refractivity contribution < 1.29 is 58.5 Å². The van der Waals surface area contributed by atoms with Crippen molar-refractivity contribution in [1.82, 2.24) is 75.8 Å². The number of H-pyrrole nitrogens is 3. The molecule has 0 spiro atoms. The summed E-state index contributed by atoms with van der Waals surface area (Å²) in [5.41, 5.74) is 17.6. The Morgan fingerprint density at radius 2 is 0.788 bits per heavy atom. The van der Waals surface area contributed by atoms with E-state index in [0.29, 0.717) is 34.1 Å². The molecule has 6 aromatic heterocycles. The summed E-state index contributed by atoms with van der Waals surface area (Å²) >= 11 is 0.789. The van der Waals surface area contributed by atoms with E-state index in [-0.39, 0.29) is 106 Å². The quantitative estimate of drug-likeness (QED) is 0.0282. The first-order chi connectivity index (χ1) is 47.4. The van der Waals surface area contributed by atoms with Crippen molar-refractivity contribution in [2.75, 3.05) is 38.9 Å². The largest absolute Gasteiger partial charge is 0.480 e. The normalized spacial score (nSPS) is 14.2. The summed E-state index contributed by atoms with van der Waals surface area (Å²) in [6.45, 7) is 0.246. The zero-order chi connectivity index (χ0) is 70.7. The van der Waals surface area contributed by atoms with Gasteiger partial charge in [0.25, 0.3) is 34.4 Å². The lowest BCUT2D eigenvalue weighted by Crippen LogP contribution is -2.55. The second-order valence-electron chi connectivity index (χ2n) is 22.5. The number of ketones is 3. The number of fused-ring (bicyclic) bond motifs is 3. The number of benzene rings is 3. The first kappa shape index (κ1) is 69.1. The number of carbonyl (C=O) groups excluding carboxylic acids is 6. The Bertz CT molecular complexity index is 4650. The molecule has 18 N–H and O–H groups in total. The van der Waals surface area contributed by atoms with Crippen molar-refractivity contribution in [2.24, 2.45) is 5.92 Å². The Morgan fingerprint density at radius 1 is 0.475 bits per heavy atom. The first-order valence-corrected chi connectivity index (χ1v) is 31.3. The van der Waals surface area contributed by atoms with Crippen LogP contribution < -0.4 is 65.8 Å². The molecule has 0 bridgehead atoms. The third-order valence-corrected chi connectivity index (χ3v) is 17.5. The van der Waals surface area contributed by atoms with Crippen molar-refractivity contribution in [1.29, 1.82) is 0 Å². The SMILES string of the molecule is Nc1nc2ncc(CNc3ccc(C(=O)N[C@@H](CCC(=O)C4CCCSC4(C(=O)CC[C@H](NC(=O)c4ccc(NCc5cnc6nc(N)[nH]c(=O)c6n5)cc4)C(=O)O)C(=O)CC[C@H](NC(=O)c4ccc(NCc5cnc6nc(N)[nH]c(=O)c6n5)cc4)C(=O)O)C(=O)O)cc3)nc2c(=O)[nH]1. The number of hydrogen-bond donors (Lipinski definition) is 15. The summed E-state index contributed by atoms with van der Waals surface area (Å²) in [4.78, 5) is 205. The van der Waals surface area contributed by atoms with Crippen LogP contribution in [0.15, 0.2) is 106 Å². The average Bonchev–Trinajstić information content (AvgIpc) is 0.759. The molecule has 37 heteroatoms. The van der Waals surface area contributed by atoms with E-state index < -0.39 is 137 Å². The first-order valence-electron chi connectivity index (χ1n) is 30.3. The van der Waals surface area contributed by atoms with E-state index >= 15 is 9.59 Å². The molecular weight excluding hydrogens is 1310 g/mol. The molecule has 3 amide bonds. The van der Waals surface area contributed by atoms with Crippen LogP contribution in [0.5, 0.6) is 0 Å². The number of aromatic nitrogens is 12. The second-order valence-corrected chi connectivity index (χ2v) is 23.9. The Kier molecular flexibility index (Phi) is 21.2. The zero-order valence-electron chi connectivity index (χ0n) is 51.9. The van der Waals surface area contributed by atoms with Gasteiger partial charge < -0.3 is 64.4 Å². The number of carboxylic acid groups (broad SMARTS) is 3. The van der Waals surface area contributed by atoms with Crippen molar-refractivity contribution in [3.63, 3.8) is 0 Å². The van der Waals surface area contributed by atoms with Crippen LogP contribution in [0.2, 0.25) is 0 Å². The lowest BCUT2D eigenvalue weighted by atomic mass is 9.74. The number of nitrogens with zero attached hydrogens (tertiary/aromatic N) is 9. The standard InChI is InChI=1S/C62H61N21O15S/c63-59-78-47-44(53(90)81-59)72-34(25-69-47)22-66-31-9-3-28(4-10-31)50(87)75-38(56(93)94)15-18-41(84)37-2-1-21-99-62(37,42(85)19-16-39(57(95)96)76-51(88)29-5-11-32(12-6-29)67-23-35-26-70-48-45(73-35)54(91)82-60(64)79-48)43(86)20-17-40(58(97)98)77-52(89)30-7-13-33(14-8-30)68-24-36-27-71-49-46(74-36)55(92)83-61(65)80-49/h3-14,25-27,37-40,66-68H,1-2,15-24H2,(H,75,87)(H,76,88)(H,77,89)(H,93,94)(H,95,96)(H,97,98)(H3,63,69,78,81,90)(H3,64,70,79,82,91)(H3,65,71,80,83,92)/t37?,38-,39-,40-/m0/s1. The van der Waals surface area contributed by atoms with Crippen LogP contribution in [-0.4, -0.2) is 157 Å². The molecule has 1 fully saturated rings. The van der Waals surface area contributed by atoms with Crippen LogP contribution in [0.4, 0.5) is 34.9 Å². The minimum absolute atomic E-state index is 0.000181. The fourth-order valence-electron chi connectivity index (χ4n) is 10.8. The van der Waals surface area contributed by atoms with E-state index in [1.54, 1.807) is 0 Å². The lowest BCUT2D eigenvalue weighted by molar-refractivity contribution is -0.142. The number of nitrogens with one attached hydrogen (secondary N) is 9. The average molecular weight is 1370 g/mol. The topological polar surface area (TPSA) is 579 Å². The fraction of sp³-hybridized carbons (Fsp3) is 0.274. The third kappa shape index (κ3) is 16.7. The Morgan fingerprint density at radius 3 is 1.10 bits per heavy atom. The molecule has 1 aliphatic rings. The molecule has 0 saturated carbocycles. The van der Waals surface area contributed by atoms with E-state index in [9.17, 15) is 63.3 Å². The van der Waals surface area contributed by atoms with Gasteiger partial charge in [-0.1, -0.05) is 0 Å². The highest BCUT2D eigenvalue weighted by Gasteiger charge is 2.55. The van der Waals surface area contributed by atoms with Crippen molar-refractivity contribution in [3.05, 3.63) is 156 Å². The summed E-state index contributed by atoms with van der Waals surface area (Å²) in [6.07, 6.45) is 0.512. The summed E-state index contributed by atoms with van der Waals surface area (Å²) < 4.78 is -2.32. The summed E-state index contributed by atoms with van der Waals surface area (Å²) in [5, 5.41) is 47.5. The maximum absolute atomic E-state index is 15.0. The van der Waals surface area contributed by atoms with Gasteiger partial charge in [-0.05, 0) is 111 Å². The molecule has 1 saturated heterocycles. The maximum atomic E-state index is 15.0. The van der Waals surface area contributed by atoms with Gasteiger partial charge >= 0.3 is 17.9 Å². The monoisotopic (exact) mass is 1370 g/mol. The van der Waals surface area contributed by atoms with Gasteiger partial charge in [0.2, 0.25) is 17.8 Å². The molecule has 3 aromatic carbocycles. The number of aromatic amines is 3. The summed E-state index contributed by atoms with van der Waals surface area (Å²) in [5.74, 6) is -11.7. The highest BCUT2D eigenvalue weighted by Crippen LogP contribution is 2.46. The predicted octanol–water partition coefficient (Wildman–Crippen LogP) is 1.23. The van der Waals surface area contributed by atoms with Crippen LogP contribution in [0.1, 0.15) is 99.5 Å². The van der Waals surface area contributed by atoms with Gasteiger partial charge in [-0.3, -0.25) is 58.1 Å². The van der Waals surface area contributed by atoms with E-state index in [4.69, 9.17) is 17.2 Å². The van der Waals surface area contributed by atoms with Gasteiger partial charge in [-0.25, -0.2) is 44.3 Å². The van der Waals surface area contributed by atoms with Gasteiger partial charge in [0, 0.05) is 58.9 Å². The minimum Gasteiger partial charge on any atom is -0.480 e. The molecule has 1 aliphatic heterocycles. The summed E-state index contributed by atoms with van der Waals surface area (Å²) in [6, 6.07) is 12.2. The zero-order valence-corrected chi connectivity index (χ0v) is 52.7. The molecule has 4 atom stereocenters. The maximum Gasteiger partial charge on any atom is 0.326 e. The van der Waals surface area contributed by atoms with Crippen LogP contribution in [0.3, 0.4) is 0 Å². The number of hydrogen-bond acceptors (Lipinski definition) is 28. The number of aliphatic carboxylic acids is 3. The van der Waals surface area contributed by atoms with Gasteiger partial charge in [0.05, 0.1) is 55.3 Å². The van der Waals surface area contributed by atoms with Crippen molar-refractivity contribution >= 4 is 133 Å². The minimum atomic E-state index is -2.32. The smallest absolute Gasteiger partial charge is 0.326 e. The van der Waals surface area contributed by atoms with E-state index in [2.05, 4.69) is 91.7 Å². The number of thioether (sulfide) groups is 1. The molecule has 36 nitrogen and oxygen atoms in total. The number of carboxylic acids is 3. The van der Waals surface area contributed by atoms with Crippen LogP contribution in [0.25, 0.3) is 33.5 Å². The van der Waals surface area contributed by atoms with E-state index in [1.165, 1.54) is 91.4 Å². The fourth-order valence-corrected chi connectivity index (χ4v) is 12.4. The number of nitrogen functional groups attached to an aromatic ring is 3. The number of carbonyl (C=O) groups is 9. The van der Waals surface area contributed by atoms with Gasteiger partial charge in [-0.15, -0.1) is 11.8 Å². The van der Waals surface area contributed by atoms with Crippen LogP contribution in [-0.2, 0) is 48.4 Å². The number of rotatable bonds is 30. The van der Waals surface area contributed by atoms with Gasteiger partial charge in [0.1, 0.15) is 28.7 Å². The predicted molar refractivity (Wildman–Crippen MR) is 356 cm³/mol. The van der Waals surface area contributed by atoms with Crippen LogP contribution in [0, 0.1) is 5.92 Å². The van der Waals surface area contributed by atoms with Gasteiger partial charge in [0.15, 0.2) is 45.1 Å². The Balaban J connectivity index is 0.808. The molecule has 10 rings (SSSR count). The molecule has 1 unspecified atom stereocenters. The Labute approximate surface area is 560 Å².